The molecule has 8 saturated carbocycles. The van der Waals surface area contributed by atoms with Gasteiger partial charge in [0.1, 0.15) is 22.8 Å². The molecule has 8 aliphatic rings. The first kappa shape index (κ1) is 72.6. The maximum atomic E-state index is 12.9. The first-order valence-electron chi connectivity index (χ1n) is 27.9. The van der Waals surface area contributed by atoms with Gasteiger partial charge in [0.15, 0.2) is 0 Å². The third kappa shape index (κ3) is 20.6. The van der Waals surface area contributed by atoms with Crippen molar-refractivity contribution in [3.05, 3.63) is 140 Å². The number of carbonyl (C=O) groups excluding carboxylic acids is 4. The molecule has 0 N–H and O–H groups in total. The number of rotatable bonds is 8. The summed E-state index contributed by atoms with van der Waals surface area (Å²) in [5.74, 6) is -5.49. The summed E-state index contributed by atoms with van der Waals surface area (Å²) < 4.78 is 91.6. The normalized spacial score (nSPS) is 24.6. The first-order chi connectivity index (χ1) is 37.3. The van der Waals surface area contributed by atoms with Crippen LogP contribution in [-0.4, -0.2) is 53.3 Å². The average molecular weight is 1430 g/mol. The van der Waals surface area contributed by atoms with Crippen LogP contribution < -0.4 is 84.4 Å². The third-order valence-corrected chi connectivity index (χ3v) is 21.7. The van der Waals surface area contributed by atoms with Gasteiger partial charge in [-0.2, -0.15) is 8.78 Å². The predicted octanol–water partition coefficient (Wildman–Crippen LogP) is 2.26. The smallest absolute Gasteiger partial charge is 1.00 e. The summed E-state index contributed by atoms with van der Waals surface area (Å²) in [7, 11) is -3.11. The van der Waals surface area contributed by atoms with Gasteiger partial charge < -0.3 is 30.7 Å². The van der Waals surface area contributed by atoms with E-state index >= 15 is 0 Å². The van der Waals surface area contributed by atoms with Crippen LogP contribution >= 0.6 is 0 Å². The monoisotopic (exact) mass is 1430 g/mol. The van der Waals surface area contributed by atoms with Crippen molar-refractivity contribution >= 4 is 34.1 Å². The van der Waals surface area contributed by atoms with Crippen molar-refractivity contribution < 1.29 is 143 Å². The van der Waals surface area contributed by atoms with E-state index in [-0.39, 0.29) is 141 Å². The molecule has 12 rings (SSSR count). The number of Topliss-reactive ketones (excluding diaryl/α,β-unsaturated/α-hetero) is 2. The Bertz CT molecular complexity index is 2700. The third-order valence-electron chi connectivity index (χ3n) is 16.3. The zero-order valence-corrected chi connectivity index (χ0v) is 58.4. The van der Waals surface area contributed by atoms with E-state index < -0.39 is 46.1 Å². The molecule has 0 aliphatic heterocycles. The van der Waals surface area contributed by atoms with Gasteiger partial charge in [0.05, 0.1) is 0 Å². The molecule has 0 aromatic heterocycles. The van der Waals surface area contributed by atoms with Crippen molar-refractivity contribution in [3.8, 4) is 0 Å². The second-order valence-electron chi connectivity index (χ2n) is 27.2. The van der Waals surface area contributed by atoms with E-state index in [1.54, 1.807) is 0 Å². The Hall–Kier alpha value is -2.88. The van der Waals surface area contributed by atoms with Crippen LogP contribution in [0.5, 0.6) is 0 Å². The summed E-state index contributed by atoms with van der Waals surface area (Å²) in [5, 5.41) is 0. The number of benzene rings is 4. The molecular formula is C65H81ClF4I2NaO9S-3. The number of carbonyl (C=O) groups is 4. The molecular weight excluding hydrogens is 1350 g/mol. The van der Waals surface area contributed by atoms with E-state index in [4.69, 9.17) is 22.1 Å². The number of halogens is 7. The molecule has 8 fully saturated rings. The fourth-order valence-electron chi connectivity index (χ4n) is 12.4. The quantitative estimate of drug-likeness (QED) is 0.0857. The number of alkyl halides is 2. The molecule has 0 heterocycles. The molecule has 18 heteroatoms. The van der Waals surface area contributed by atoms with Crippen LogP contribution in [0.1, 0.15) is 176 Å². The van der Waals surface area contributed by atoms with E-state index in [0.29, 0.717) is 57.3 Å². The van der Waals surface area contributed by atoms with Crippen LogP contribution in [0, 0.1) is 56.2 Å². The fourth-order valence-corrected chi connectivity index (χ4v) is 16.7. The SMILES string of the molecule is CC(C)(C)c1ccc([I-]c2ccc(C(C)(C)C)cc2)cc1.CC(C)(C)c1ccc([I-]c2ccc(C(C)(C)C)cc2)cc1.CC(F)(F)C(=O)OC12CC3CC(C1)C(=O)C(C3)C2.O=C(OC12CC3CC(C1)C(=O)C(C3)C2)[C-](F)F.O=S(=O)=O.[Cl-].[Na+]. The maximum absolute atomic E-state index is 12.9. The molecule has 0 radical (unpaired) electrons. The van der Waals surface area contributed by atoms with Gasteiger partial charge in [0, 0.05) is 37.0 Å². The van der Waals surface area contributed by atoms with Crippen LogP contribution in [0.25, 0.3) is 0 Å². The molecule has 0 spiro atoms. The summed E-state index contributed by atoms with van der Waals surface area (Å²) in [6.07, 6.45) is 4.15. The van der Waals surface area contributed by atoms with E-state index in [1.165, 1.54) is 36.5 Å². The molecule has 4 unspecified atom stereocenters. The summed E-state index contributed by atoms with van der Waals surface area (Å²) in [4.78, 5) is 46.1. The molecule has 4 aromatic carbocycles. The van der Waals surface area contributed by atoms with Gasteiger partial charge in [0.25, 0.3) is 0 Å². The summed E-state index contributed by atoms with van der Waals surface area (Å²) >= 11 is -0.141. The van der Waals surface area contributed by atoms with Crippen LogP contribution in [0.2, 0.25) is 0 Å². The zero-order valence-electron chi connectivity index (χ0n) is 50.5. The van der Waals surface area contributed by atoms with Crippen LogP contribution in [-0.2, 0) is 60.9 Å². The minimum absolute atomic E-state index is 0. The van der Waals surface area contributed by atoms with Crippen LogP contribution in [0.15, 0.2) is 97.1 Å². The Morgan fingerprint density at radius 2 is 0.699 bits per heavy atom. The Morgan fingerprint density at radius 1 is 0.470 bits per heavy atom. The molecule has 8 bridgehead atoms. The molecule has 9 nitrogen and oxygen atoms in total. The Labute approximate surface area is 540 Å². The number of esters is 2. The number of hydrogen-bond acceptors (Lipinski definition) is 9. The largest absolute Gasteiger partial charge is 1.00 e. The van der Waals surface area contributed by atoms with Gasteiger partial charge >= 0.3 is 333 Å². The maximum Gasteiger partial charge on any atom is 1.00 e. The molecule has 0 saturated heterocycles. The van der Waals surface area contributed by atoms with Gasteiger partial charge in [0.2, 0.25) is 5.97 Å². The van der Waals surface area contributed by atoms with Gasteiger partial charge in [-0.3, -0.25) is 14.4 Å². The van der Waals surface area contributed by atoms with Gasteiger partial charge in [-0.15, -0.1) is 12.6 Å². The number of ketones is 2. The summed E-state index contributed by atoms with van der Waals surface area (Å²) in [6.45, 7) is 27.8. The Balaban J connectivity index is 0.000000231. The standard InChI is InChI=1S/2C20H26I.C13H16F2O3.C12H13F2O3.ClH.Na.O3S/c2*1-19(2,3)15-7-11-17(12-8-15)21-18-13-9-16(10-14-18)20(4,5)6;1-12(14,15)11(17)18-13-4-7-2-8(5-13)10(16)9(3-7)6-13;13-10(14)11(16)17-12-3-6-1-7(4-12)9(15)8(2-6)5-12;;;1-4(2)3/h2*7-14H,1-6H3;7-9H,2-6H2,1H3;6-8H,1-5H2;1H;;/q2*-1;;-1;;+1;/p-1. The van der Waals surface area contributed by atoms with Gasteiger partial charge in [-0.1, -0.05) is 0 Å². The van der Waals surface area contributed by atoms with E-state index in [0.717, 1.165) is 25.7 Å². The molecule has 4 aromatic rings. The Kier molecular flexibility index (Phi) is 25.3. The predicted molar refractivity (Wildman–Crippen MR) is 296 cm³/mol. The number of ether oxygens (including phenoxy) is 2. The van der Waals surface area contributed by atoms with E-state index in [9.17, 15) is 36.7 Å². The minimum atomic E-state index is -3.45. The van der Waals surface area contributed by atoms with Crippen molar-refractivity contribution in [2.45, 2.75) is 193 Å². The number of hydrogen-bond donors (Lipinski definition) is 0. The van der Waals surface area contributed by atoms with Crippen molar-refractivity contribution in [2.75, 3.05) is 0 Å². The van der Waals surface area contributed by atoms with Crippen LogP contribution in [0.3, 0.4) is 0 Å². The second kappa shape index (κ2) is 29.0. The van der Waals surface area contributed by atoms with E-state index in [2.05, 4.69) is 180 Å². The van der Waals surface area contributed by atoms with Crippen molar-refractivity contribution in [3.63, 3.8) is 0 Å². The van der Waals surface area contributed by atoms with Gasteiger partial charge in [-0.25, -0.2) is 4.79 Å². The van der Waals surface area contributed by atoms with Crippen molar-refractivity contribution in [2.24, 2.45) is 35.5 Å². The van der Waals surface area contributed by atoms with Crippen molar-refractivity contribution in [1.82, 2.24) is 0 Å². The first-order valence-corrected chi connectivity index (χ1v) is 33.2. The average Bonchev–Trinajstić information content (AvgIpc) is 2.48. The van der Waals surface area contributed by atoms with E-state index in [1.807, 2.05) is 0 Å². The summed E-state index contributed by atoms with van der Waals surface area (Å²) in [5.41, 5.74) is 5.05. The Morgan fingerprint density at radius 3 is 0.904 bits per heavy atom. The molecule has 8 aliphatic carbocycles. The molecule has 454 valence electrons. The summed E-state index contributed by atoms with van der Waals surface area (Å²) in [6, 6.07) is 36.8. The minimum Gasteiger partial charge on any atom is -1.00 e. The van der Waals surface area contributed by atoms with Crippen LogP contribution in [0.4, 0.5) is 17.6 Å². The van der Waals surface area contributed by atoms with Crippen molar-refractivity contribution in [1.29, 1.82) is 0 Å². The molecule has 0 amide bonds. The van der Waals surface area contributed by atoms with Gasteiger partial charge in [-0.05, 0) is 76.0 Å². The molecule has 4 atom stereocenters. The molecule has 83 heavy (non-hydrogen) atoms. The second-order valence-corrected chi connectivity index (χ2v) is 33.7. The fraction of sp³-hybridized carbons (Fsp3) is 0.554. The topological polar surface area (TPSA) is 138 Å². The zero-order chi connectivity index (χ0) is 60.3.